The van der Waals surface area contributed by atoms with Crippen LogP contribution in [0.25, 0.3) is 16.5 Å². The van der Waals surface area contributed by atoms with E-state index in [0.717, 1.165) is 9.79 Å². The smallest absolute Gasteiger partial charge is 0.267 e. The molecular weight excluding hydrogens is 332 g/mol. The molecule has 1 N–H and O–H groups in total. The highest BCUT2D eigenvalue weighted by Crippen LogP contribution is 2.27. The van der Waals surface area contributed by atoms with Crippen LogP contribution in [0.3, 0.4) is 0 Å². The Hall–Kier alpha value is -3.05. The molecule has 5 heteroatoms. The van der Waals surface area contributed by atoms with E-state index in [-0.39, 0.29) is 11.1 Å². The summed E-state index contributed by atoms with van der Waals surface area (Å²) in [6.45, 7) is 0. The fraction of sp³-hybridized carbons (Fsp3) is 0. The lowest BCUT2D eigenvalue weighted by molar-refractivity contribution is 0.801. The lowest BCUT2D eigenvalue weighted by Crippen LogP contribution is -2.28. The first-order valence-corrected chi connectivity index (χ1v) is 8.61. The van der Waals surface area contributed by atoms with Crippen LogP contribution >= 0.6 is 11.8 Å². The first-order valence-electron chi connectivity index (χ1n) is 7.80. The molecule has 0 aliphatic carbocycles. The van der Waals surface area contributed by atoms with Crippen molar-refractivity contribution in [3.8, 4) is 5.69 Å². The minimum atomic E-state index is -0.280. The zero-order chi connectivity index (χ0) is 17.2. The van der Waals surface area contributed by atoms with Gasteiger partial charge < -0.3 is 0 Å². The summed E-state index contributed by atoms with van der Waals surface area (Å²) in [5.41, 5.74) is 0.113. The third kappa shape index (κ3) is 3.02. The molecular formula is C20H14N2O2S. The number of hydrogen-bond acceptors (Lipinski definition) is 3. The second-order valence-electron chi connectivity index (χ2n) is 5.54. The van der Waals surface area contributed by atoms with Crippen LogP contribution in [0.5, 0.6) is 0 Å². The molecule has 0 spiro atoms. The van der Waals surface area contributed by atoms with Crippen molar-refractivity contribution in [2.75, 3.05) is 0 Å². The maximum Gasteiger partial charge on any atom is 0.277 e. The third-order valence-corrected chi connectivity index (χ3v) is 4.91. The van der Waals surface area contributed by atoms with E-state index in [0.29, 0.717) is 16.5 Å². The number of nitrogens with zero attached hydrogens (tertiary/aromatic N) is 1. The Labute approximate surface area is 147 Å². The van der Waals surface area contributed by atoms with Crippen LogP contribution in [-0.4, -0.2) is 9.78 Å². The average molecular weight is 346 g/mol. The van der Waals surface area contributed by atoms with Gasteiger partial charge in [0.1, 0.15) is 0 Å². The van der Waals surface area contributed by atoms with Crippen LogP contribution < -0.4 is 11.1 Å². The molecule has 1 heterocycles. The van der Waals surface area contributed by atoms with E-state index in [1.165, 1.54) is 4.68 Å². The maximum absolute atomic E-state index is 12.6. The topological polar surface area (TPSA) is 54.9 Å². The zero-order valence-electron chi connectivity index (χ0n) is 13.2. The molecule has 122 valence electrons. The van der Waals surface area contributed by atoms with Crippen molar-refractivity contribution in [2.45, 2.75) is 9.79 Å². The summed E-state index contributed by atoms with van der Waals surface area (Å²) in [6, 6.07) is 24.4. The largest absolute Gasteiger partial charge is 0.277 e. The Balaban J connectivity index is 1.73. The Morgan fingerprint density at radius 2 is 1.28 bits per heavy atom. The number of nitrogens with one attached hydrogen (secondary N) is 1. The Bertz CT molecular complexity index is 1150. The van der Waals surface area contributed by atoms with E-state index in [4.69, 9.17) is 0 Å². The molecule has 0 amide bonds. The van der Waals surface area contributed by atoms with Gasteiger partial charge in [0.05, 0.1) is 16.5 Å². The van der Waals surface area contributed by atoms with Crippen LogP contribution in [0.2, 0.25) is 0 Å². The lowest BCUT2D eigenvalue weighted by Gasteiger charge is -2.08. The molecule has 4 aromatic rings. The van der Waals surface area contributed by atoms with E-state index < -0.39 is 0 Å². The normalized spacial score (nSPS) is 10.9. The van der Waals surface area contributed by atoms with Crippen LogP contribution in [0, 0.1) is 0 Å². The highest BCUT2D eigenvalue weighted by atomic mass is 32.2. The molecule has 0 aliphatic rings. The maximum atomic E-state index is 12.6. The van der Waals surface area contributed by atoms with Gasteiger partial charge in [-0.1, -0.05) is 42.1 Å². The summed E-state index contributed by atoms with van der Waals surface area (Å²) in [4.78, 5) is 27.1. The predicted octanol–water partition coefficient (Wildman–Crippen LogP) is 3.83. The Morgan fingerprint density at radius 3 is 2.00 bits per heavy atom. The monoisotopic (exact) mass is 346 g/mol. The number of fused-ring (bicyclic) bond motifs is 1. The van der Waals surface area contributed by atoms with Crippen molar-refractivity contribution in [3.05, 3.63) is 99.6 Å². The molecule has 0 unspecified atom stereocenters. The Kier molecular flexibility index (Phi) is 3.99. The lowest BCUT2D eigenvalue weighted by atomic mass is 10.2. The molecule has 0 atom stereocenters. The summed E-state index contributed by atoms with van der Waals surface area (Å²) in [6.07, 6.45) is 0. The summed E-state index contributed by atoms with van der Waals surface area (Å²) in [5.74, 6) is 0. The Morgan fingerprint density at radius 1 is 0.680 bits per heavy atom. The minimum Gasteiger partial charge on any atom is -0.267 e. The summed E-state index contributed by atoms with van der Waals surface area (Å²) < 4.78 is 1.29. The molecule has 0 bridgehead atoms. The number of rotatable bonds is 3. The van der Waals surface area contributed by atoms with Gasteiger partial charge in [-0.2, -0.15) is 0 Å². The fourth-order valence-corrected chi connectivity index (χ4v) is 3.51. The number of benzene rings is 3. The molecule has 0 aliphatic heterocycles. The van der Waals surface area contributed by atoms with Crippen molar-refractivity contribution in [2.24, 2.45) is 0 Å². The van der Waals surface area contributed by atoms with Gasteiger partial charge in [0.15, 0.2) is 0 Å². The summed E-state index contributed by atoms with van der Waals surface area (Å²) in [5, 5.41) is 3.46. The van der Waals surface area contributed by atoms with Gasteiger partial charge in [0.25, 0.3) is 11.1 Å². The highest BCUT2D eigenvalue weighted by Gasteiger charge is 2.08. The second-order valence-corrected chi connectivity index (χ2v) is 6.68. The third-order valence-electron chi connectivity index (χ3n) is 3.89. The quantitative estimate of drug-likeness (QED) is 0.613. The van der Waals surface area contributed by atoms with E-state index in [1.807, 2.05) is 54.6 Å². The summed E-state index contributed by atoms with van der Waals surface area (Å²) >= 11 is 1.64. The fourth-order valence-electron chi connectivity index (χ4n) is 2.67. The van der Waals surface area contributed by atoms with Crippen LogP contribution in [0.1, 0.15) is 0 Å². The van der Waals surface area contributed by atoms with Gasteiger partial charge in [-0.3, -0.25) is 14.7 Å². The molecule has 0 saturated carbocycles. The van der Waals surface area contributed by atoms with Gasteiger partial charge >= 0.3 is 0 Å². The highest BCUT2D eigenvalue weighted by molar-refractivity contribution is 7.99. The number of H-pyrrole nitrogens is 1. The molecule has 3 aromatic carbocycles. The van der Waals surface area contributed by atoms with Crippen molar-refractivity contribution < 1.29 is 0 Å². The minimum absolute atomic E-state index is 0.237. The van der Waals surface area contributed by atoms with Gasteiger partial charge in [0.2, 0.25) is 0 Å². The van der Waals surface area contributed by atoms with E-state index in [9.17, 15) is 9.59 Å². The molecule has 4 nitrogen and oxygen atoms in total. The number of aromatic amines is 1. The first-order chi connectivity index (χ1) is 12.2. The SMILES string of the molecule is O=c1[nH]n(-c2ccc(Sc3ccccc3)cc2)c(=O)c2ccccc12. The average Bonchev–Trinajstić information content (AvgIpc) is 2.66. The van der Waals surface area contributed by atoms with Crippen molar-refractivity contribution >= 4 is 22.5 Å². The molecule has 0 radical (unpaired) electrons. The molecule has 0 fully saturated rings. The molecule has 1 aromatic heterocycles. The first kappa shape index (κ1) is 15.5. The second kappa shape index (κ2) is 6.45. The molecule has 25 heavy (non-hydrogen) atoms. The standard InChI is InChI=1S/C20H14N2O2S/c23-19-17-8-4-5-9-18(17)20(24)22(21-19)14-10-12-16(13-11-14)25-15-6-2-1-3-7-15/h1-13H,(H,21,23). The van der Waals surface area contributed by atoms with Gasteiger partial charge in [-0.25, -0.2) is 4.68 Å². The van der Waals surface area contributed by atoms with Crippen LogP contribution in [0.4, 0.5) is 0 Å². The summed E-state index contributed by atoms with van der Waals surface area (Å²) in [7, 11) is 0. The zero-order valence-corrected chi connectivity index (χ0v) is 14.0. The molecule has 0 saturated heterocycles. The predicted molar refractivity (Wildman–Crippen MR) is 101 cm³/mol. The van der Waals surface area contributed by atoms with Crippen molar-refractivity contribution in [1.82, 2.24) is 9.78 Å². The van der Waals surface area contributed by atoms with Gasteiger partial charge in [0, 0.05) is 9.79 Å². The van der Waals surface area contributed by atoms with Crippen molar-refractivity contribution in [1.29, 1.82) is 0 Å². The van der Waals surface area contributed by atoms with E-state index in [2.05, 4.69) is 5.10 Å². The van der Waals surface area contributed by atoms with Crippen LogP contribution in [-0.2, 0) is 0 Å². The van der Waals surface area contributed by atoms with E-state index in [1.54, 1.807) is 36.0 Å². The molecule has 4 rings (SSSR count). The van der Waals surface area contributed by atoms with Crippen molar-refractivity contribution in [3.63, 3.8) is 0 Å². The van der Waals surface area contributed by atoms with Gasteiger partial charge in [-0.15, -0.1) is 0 Å². The number of aromatic nitrogens is 2. The van der Waals surface area contributed by atoms with Crippen LogP contribution in [0.15, 0.2) is 98.2 Å². The number of hydrogen-bond donors (Lipinski definition) is 1. The van der Waals surface area contributed by atoms with E-state index >= 15 is 0 Å². The van der Waals surface area contributed by atoms with Gasteiger partial charge in [-0.05, 0) is 48.5 Å².